The number of anilines is 2. The van der Waals surface area contributed by atoms with Crippen molar-refractivity contribution in [1.82, 2.24) is 14.9 Å². The van der Waals surface area contributed by atoms with Crippen LogP contribution in [0.2, 0.25) is 0 Å². The lowest BCUT2D eigenvalue weighted by molar-refractivity contribution is -0.137. The molecule has 1 aromatic heterocycles. The van der Waals surface area contributed by atoms with Gasteiger partial charge in [0.05, 0.1) is 0 Å². The topological polar surface area (TPSA) is 81.6 Å². The van der Waals surface area contributed by atoms with E-state index in [1.54, 1.807) is 6.33 Å². The highest BCUT2D eigenvalue weighted by atomic mass is 16.4. The van der Waals surface area contributed by atoms with E-state index in [4.69, 9.17) is 5.11 Å². The summed E-state index contributed by atoms with van der Waals surface area (Å²) in [5, 5.41) is 12.5. The van der Waals surface area contributed by atoms with Gasteiger partial charge in [0.2, 0.25) is 0 Å². The zero-order valence-corrected chi connectivity index (χ0v) is 16.2. The van der Waals surface area contributed by atoms with E-state index in [0.717, 1.165) is 62.5 Å². The van der Waals surface area contributed by atoms with Gasteiger partial charge in [0, 0.05) is 44.2 Å². The van der Waals surface area contributed by atoms with E-state index in [1.807, 2.05) is 0 Å². The maximum atomic E-state index is 10.8. The molecular formula is C20H31N5O2. The van der Waals surface area contributed by atoms with E-state index >= 15 is 0 Å². The quantitative estimate of drug-likeness (QED) is 0.760. The molecule has 0 radical (unpaired) electrons. The highest BCUT2D eigenvalue weighted by Crippen LogP contribution is 2.40. The smallest absolute Gasteiger partial charge is 0.303 e. The number of nitrogens with zero attached hydrogens (tertiary/aromatic N) is 4. The molecule has 7 nitrogen and oxygen atoms in total. The van der Waals surface area contributed by atoms with Crippen LogP contribution in [0.1, 0.15) is 45.4 Å². The Bertz CT molecular complexity index is 654. The molecule has 1 aromatic rings. The van der Waals surface area contributed by atoms with Crippen LogP contribution in [0, 0.1) is 11.8 Å². The van der Waals surface area contributed by atoms with Crippen LogP contribution < -0.4 is 10.2 Å². The van der Waals surface area contributed by atoms with Crippen molar-refractivity contribution in [1.29, 1.82) is 0 Å². The Balaban J connectivity index is 1.33. The summed E-state index contributed by atoms with van der Waals surface area (Å²) in [7, 11) is 0. The second kappa shape index (κ2) is 8.00. The van der Waals surface area contributed by atoms with Gasteiger partial charge < -0.3 is 15.3 Å². The summed E-state index contributed by atoms with van der Waals surface area (Å²) in [4.78, 5) is 24.6. The van der Waals surface area contributed by atoms with Gasteiger partial charge in [-0.1, -0.05) is 0 Å². The number of aliphatic carboxylic acids is 1. The number of likely N-dealkylation sites (tertiary alicyclic amines) is 1. The van der Waals surface area contributed by atoms with Crippen molar-refractivity contribution in [2.24, 2.45) is 11.8 Å². The standard InChI is InChI=1S/C20H31N5O2/c1-14(4-5-20(26)27)24-6-2-3-17(12-24)23-18-9-19(22-13-21-18)25-10-15-7-16(8-15)11-25/h9,13-17H,2-8,10-12H2,1H3,(H,26,27)(H,21,22,23). The number of aromatic nitrogens is 2. The first-order valence-corrected chi connectivity index (χ1v) is 10.4. The van der Waals surface area contributed by atoms with E-state index in [0.29, 0.717) is 18.5 Å². The fraction of sp³-hybridized carbons (Fsp3) is 0.750. The zero-order chi connectivity index (χ0) is 18.8. The van der Waals surface area contributed by atoms with Crippen LogP contribution in [-0.4, -0.2) is 64.2 Å². The minimum atomic E-state index is -0.711. The molecule has 2 unspecified atom stereocenters. The largest absolute Gasteiger partial charge is 0.481 e. The van der Waals surface area contributed by atoms with E-state index in [9.17, 15) is 4.79 Å². The molecule has 0 spiro atoms. The molecule has 0 aromatic carbocycles. The Morgan fingerprint density at radius 3 is 2.81 bits per heavy atom. The van der Waals surface area contributed by atoms with E-state index in [1.165, 1.54) is 12.8 Å². The average Bonchev–Trinajstić information content (AvgIpc) is 2.66. The molecule has 148 valence electrons. The van der Waals surface area contributed by atoms with Crippen LogP contribution in [0.25, 0.3) is 0 Å². The third-order valence-electron chi connectivity index (χ3n) is 6.47. The minimum Gasteiger partial charge on any atom is -0.481 e. The lowest BCUT2D eigenvalue weighted by Crippen LogP contribution is -2.49. The number of rotatable bonds is 7. The molecule has 5 rings (SSSR count). The Kier molecular flexibility index (Phi) is 5.48. The molecule has 1 aliphatic carbocycles. The van der Waals surface area contributed by atoms with Gasteiger partial charge in [-0.2, -0.15) is 0 Å². The van der Waals surface area contributed by atoms with Crippen LogP contribution in [0.15, 0.2) is 12.4 Å². The maximum absolute atomic E-state index is 10.8. The Morgan fingerprint density at radius 1 is 1.30 bits per heavy atom. The van der Waals surface area contributed by atoms with Crippen molar-refractivity contribution in [3.63, 3.8) is 0 Å². The zero-order valence-electron chi connectivity index (χ0n) is 16.2. The summed E-state index contributed by atoms with van der Waals surface area (Å²) in [5.74, 6) is 2.95. The predicted octanol–water partition coefficient (Wildman–Crippen LogP) is 2.45. The fourth-order valence-corrected chi connectivity index (χ4v) is 4.90. The van der Waals surface area contributed by atoms with Gasteiger partial charge in [-0.15, -0.1) is 0 Å². The predicted molar refractivity (Wildman–Crippen MR) is 105 cm³/mol. The number of carbonyl (C=O) groups is 1. The fourth-order valence-electron chi connectivity index (χ4n) is 4.90. The first-order valence-electron chi connectivity index (χ1n) is 10.4. The Morgan fingerprint density at radius 2 is 2.07 bits per heavy atom. The maximum Gasteiger partial charge on any atom is 0.303 e. The highest BCUT2D eigenvalue weighted by Gasteiger charge is 2.37. The van der Waals surface area contributed by atoms with Gasteiger partial charge in [0.15, 0.2) is 0 Å². The summed E-state index contributed by atoms with van der Waals surface area (Å²) in [6.07, 6.45) is 7.65. The monoisotopic (exact) mass is 373 g/mol. The normalized spacial score (nSPS) is 29.1. The molecule has 3 saturated heterocycles. The molecule has 2 N–H and O–H groups in total. The first-order chi connectivity index (χ1) is 13.1. The van der Waals surface area contributed by atoms with Crippen molar-refractivity contribution in [2.45, 2.75) is 57.5 Å². The van der Waals surface area contributed by atoms with Crippen molar-refractivity contribution in [3.8, 4) is 0 Å². The van der Waals surface area contributed by atoms with Gasteiger partial charge in [0.1, 0.15) is 18.0 Å². The van der Waals surface area contributed by atoms with E-state index < -0.39 is 5.97 Å². The molecule has 7 heteroatoms. The Labute approximate surface area is 161 Å². The minimum absolute atomic E-state index is 0.239. The molecule has 0 amide bonds. The van der Waals surface area contributed by atoms with Crippen LogP contribution in [0.4, 0.5) is 11.6 Å². The van der Waals surface area contributed by atoms with Crippen molar-refractivity contribution in [3.05, 3.63) is 12.4 Å². The number of carboxylic acids is 1. The van der Waals surface area contributed by atoms with Crippen LogP contribution in [-0.2, 0) is 4.79 Å². The number of hydrogen-bond acceptors (Lipinski definition) is 6. The van der Waals surface area contributed by atoms with Gasteiger partial charge in [0.25, 0.3) is 0 Å². The van der Waals surface area contributed by atoms with Crippen molar-refractivity contribution >= 4 is 17.6 Å². The summed E-state index contributed by atoms with van der Waals surface area (Å²) in [6.45, 7) is 6.38. The van der Waals surface area contributed by atoms with Gasteiger partial charge in [-0.05, 0) is 57.4 Å². The lowest BCUT2D eigenvalue weighted by atomic mass is 9.71. The second-order valence-corrected chi connectivity index (χ2v) is 8.63. The summed E-state index contributed by atoms with van der Waals surface area (Å²) < 4.78 is 0. The molecule has 2 atom stereocenters. The number of piperidine rings is 3. The van der Waals surface area contributed by atoms with E-state index in [2.05, 4.69) is 38.1 Å². The number of nitrogens with one attached hydrogen (secondary N) is 1. The van der Waals surface area contributed by atoms with Crippen molar-refractivity contribution < 1.29 is 9.90 Å². The molecule has 2 bridgehead atoms. The summed E-state index contributed by atoms with van der Waals surface area (Å²) in [6, 6.07) is 2.74. The number of hydrogen-bond donors (Lipinski definition) is 2. The molecule has 4 heterocycles. The van der Waals surface area contributed by atoms with Crippen LogP contribution in [0.5, 0.6) is 0 Å². The van der Waals surface area contributed by atoms with Crippen LogP contribution >= 0.6 is 0 Å². The molecule has 27 heavy (non-hydrogen) atoms. The van der Waals surface area contributed by atoms with E-state index in [-0.39, 0.29) is 6.42 Å². The third kappa shape index (κ3) is 4.51. The van der Waals surface area contributed by atoms with Crippen molar-refractivity contribution in [2.75, 3.05) is 36.4 Å². The molecule has 4 aliphatic rings. The second-order valence-electron chi connectivity index (χ2n) is 8.63. The van der Waals surface area contributed by atoms with Gasteiger partial charge >= 0.3 is 5.97 Å². The summed E-state index contributed by atoms with van der Waals surface area (Å²) in [5.41, 5.74) is 0. The Hall–Kier alpha value is -1.89. The molecular weight excluding hydrogens is 342 g/mol. The number of carboxylic acid groups (broad SMARTS) is 1. The number of fused-ring (bicyclic) bond motifs is 2. The van der Waals surface area contributed by atoms with Gasteiger partial charge in [-0.25, -0.2) is 9.97 Å². The SMILES string of the molecule is CC(CCC(=O)O)N1CCCC(Nc2cc(N3CC4CC(C4)C3)ncn2)C1. The molecule has 4 fully saturated rings. The third-order valence-corrected chi connectivity index (χ3v) is 6.47. The lowest BCUT2D eigenvalue weighted by Gasteiger charge is -2.47. The highest BCUT2D eigenvalue weighted by molar-refractivity contribution is 5.66. The molecule has 1 saturated carbocycles. The van der Waals surface area contributed by atoms with Gasteiger partial charge in [-0.3, -0.25) is 9.69 Å². The van der Waals surface area contributed by atoms with Crippen LogP contribution in [0.3, 0.4) is 0 Å². The average molecular weight is 374 g/mol. The summed E-state index contributed by atoms with van der Waals surface area (Å²) >= 11 is 0. The molecule has 3 aliphatic heterocycles. The first kappa shape index (κ1) is 18.5.